The molecule has 3 rings (SSSR count). The Balaban J connectivity index is 1.77. The van der Waals surface area contributed by atoms with Gasteiger partial charge in [-0.1, -0.05) is 54.8 Å². The molecule has 1 fully saturated rings. The highest BCUT2D eigenvalue weighted by Gasteiger charge is 2.36. The maximum absolute atomic E-state index is 6.52. The van der Waals surface area contributed by atoms with Gasteiger partial charge in [0.2, 0.25) is 5.89 Å². The van der Waals surface area contributed by atoms with Gasteiger partial charge in [0.15, 0.2) is 5.82 Å². The third-order valence-electron chi connectivity index (χ3n) is 4.38. The van der Waals surface area contributed by atoms with E-state index in [1.165, 1.54) is 17.5 Å². The van der Waals surface area contributed by atoms with Crippen LogP contribution in [0.5, 0.6) is 0 Å². The Morgan fingerprint density at radius 1 is 1.43 bits per heavy atom. The molecule has 2 unspecified atom stereocenters. The second kappa shape index (κ2) is 5.60. The number of nitrogens with zero attached hydrogens (tertiary/aromatic N) is 2. The van der Waals surface area contributed by atoms with Crippen molar-refractivity contribution in [3.63, 3.8) is 0 Å². The normalized spacial score (nSPS) is 26.0. The molecule has 4 nitrogen and oxygen atoms in total. The van der Waals surface area contributed by atoms with Crippen molar-refractivity contribution in [3.8, 4) is 0 Å². The number of benzene rings is 1. The lowest BCUT2D eigenvalue weighted by atomic mass is 9.76. The van der Waals surface area contributed by atoms with E-state index in [9.17, 15) is 0 Å². The predicted octanol–water partition coefficient (Wildman–Crippen LogP) is 3.33. The number of rotatable bonds is 3. The van der Waals surface area contributed by atoms with Crippen LogP contribution in [0.25, 0.3) is 0 Å². The van der Waals surface area contributed by atoms with Gasteiger partial charge in [0.05, 0.1) is 12.0 Å². The van der Waals surface area contributed by atoms with Crippen molar-refractivity contribution in [1.82, 2.24) is 10.1 Å². The maximum Gasteiger partial charge on any atom is 0.231 e. The van der Waals surface area contributed by atoms with Gasteiger partial charge in [-0.2, -0.15) is 4.98 Å². The zero-order chi connectivity index (χ0) is 14.9. The monoisotopic (exact) mass is 285 g/mol. The minimum Gasteiger partial charge on any atom is -0.339 e. The fourth-order valence-corrected chi connectivity index (χ4v) is 3.32. The standard InChI is InChI=1S/C17H23N3O/c1-12-5-3-7-14(9-12)10-15-19-16(20-21-15)17(18)8-4-6-13(2)11-17/h3,5,7,9,13H,4,6,8,10-11,18H2,1-2H3. The molecule has 1 saturated carbocycles. The quantitative estimate of drug-likeness (QED) is 0.939. The van der Waals surface area contributed by atoms with Gasteiger partial charge < -0.3 is 10.3 Å². The van der Waals surface area contributed by atoms with Crippen molar-refractivity contribution in [2.75, 3.05) is 0 Å². The minimum absolute atomic E-state index is 0.411. The van der Waals surface area contributed by atoms with E-state index in [-0.39, 0.29) is 0 Å². The molecule has 1 aromatic carbocycles. The molecule has 2 atom stereocenters. The molecule has 0 saturated heterocycles. The van der Waals surface area contributed by atoms with Gasteiger partial charge in [-0.05, 0) is 31.2 Å². The summed E-state index contributed by atoms with van der Waals surface area (Å²) >= 11 is 0. The first kappa shape index (κ1) is 14.3. The van der Waals surface area contributed by atoms with E-state index < -0.39 is 5.54 Å². The lowest BCUT2D eigenvalue weighted by Gasteiger charge is -2.33. The number of hydrogen-bond acceptors (Lipinski definition) is 4. The van der Waals surface area contributed by atoms with Crippen LogP contribution in [0, 0.1) is 12.8 Å². The minimum atomic E-state index is -0.411. The van der Waals surface area contributed by atoms with E-state index >= 15 is 0 Å². The third-order valence-corrected chi connectivity index (χ3v) is 4.38. The number of hydrogen-bond donors (Lipinski definition) is 1. The lowest BCUT2D eigenvalue weighted by molar-refractivity contribution is 0.221. The summed E-state index contributed by atoms with van der Waals surface area (Å²) in [7, 11) is 0. The van der Waals surface area contributed by atoms with Crippen LogP contribution in [0.4, 0.5) is 0 Å². The van der Waals surface area contributed by atoms with E-state index in [0.717, 1.165) is 19.3 Å². The molecule has 2 aromatic rings. The Hall–Kier alpha value is -1.68. The number of aryl methyl sites for hydroxylation is 1. The Bertz CT molecular complexity index is 622. The van der Waals surface area contributed by atoms with Gasteiger partial charge in [0, 0.05) is 0 Å². The summed E-state index contributed by atoms with van der Waals surface area (Å²) in [4.78, 5) is 4.56. The predicted molar refractivity (Wildman–Crippen MR) is 81.8 cm³/mol. The molecule has 1 aliphatic rings. The summed E-state index contributed by atoms with van der Waals surface area (Å²) in [6.07, 6.45) is 4.93. The molecule has 1 aromatic heterocycles. The average molecular weight is 285 g/mol. The van der Waals surface area contributed by atoms with Crippen molar-refractivity contribution < 1.29 is 4.52 Å². The van der Waals surface area contributed by atoms with Crippen molar-refractivity contribution >= 4 is 0 Å². The van der Waals surface area contributed by atoms with Crippen LogP contribution in [0.2, 0.25) is 0 Å². The summed E-state index contributed by atoms with van der Waals surface area (Å²) in [6.45, 7) is 4.33. The molecule has 4 heteroatoms. The molecule has 0 radical (unpaired) electrons. The molecule has 0 aliphatic heterocycles. The van der Waals surface area contributed by atoms with E-state index in [1.807, 2.05) is 0 Å². The van der Waals surface area contributed by atoms with Crippen LogP contribution in [0.15, 0.2) is 28.8 Å². The van der Waals surface area contributed by atoms with E-state index in [2.05, 4.69) is 48.3 Å². The molecule has 1 heterocycles. The maximum atomic E-state index is 6.52. The number of nitrogens with two attached hydrogens (primary N) is 1. The zero-order valence-electron chi connectivity index (χ0n) is 12.8. The van der Waals surface area contributed by atoms with Crippen molar-refractivity contribution in [2.45, 2.75) is 51.5 Å². The van der Waals surface area contributed by atoms with Crippen LogP contribution in [0.3, 0.4) is 0 Å². The van der Waals surface area contributed by atoms with Crippen molar-refractivity contribution in [2.24, 2.45) is 11.7 Å². The van der Waals surface area contributed by atoms with Crippen LogP contribution < -0.4 is 5.73 Å². The van der Waals surface area contributed by atoms with Gasteiger partial charge in [0.1, 0.15) is 0 Å². The van der Waals surface area contributed by atoms with Gasteiger partial charge in [0.25, 0.3) is 0 Å². The highest BCUT2D eigenvalue weighted by Crippen LogP contribution is 2.36. The third kappa shape index (κ3) is 3.16. The second-order valence-corrected chi connectivity index (χ2v) is 6.54. The topological polar surface area (TPSA) is 64.9 Å². The van der Waals surface area contributed by atoms with E-state index in [0.29, 0.717) is 24.1 Å². The first-order valence-corrected chi connectivity index (χ1v) is 7.73. The summed E-state index contributed by atoms with van der Waals surface area (Å²) in [5.41, 5.74) is 8.53. The summed E-state index contributed by atoms with van der Waals surface area (Å²) in [5, 5.41) is 4.15. The molecule has 2 N–H and O–H groups in total. The Kier molecular flexibility index (Phi) is 3.81. The Morgan fingerprint density at radius 3 is 3.05 bits per heavy atom. The molecular formula is C17H23N3O. The summed E-state index contributed by atoms with van der Waals surface area (Å²) < 4.78 is 5.42. The molecule has 112 valence electrons. The second-order valence-electron chi connectivity index (χ2n) is 6.54. The molecule has 21 heavy (non-hydrogen) atoms. The fourth-order valence-electron chi connectivity index (χ4n) is 3.32. The van der Waals surface area contributed by atoms with Gasteiger partial charge >= 0.3 is 0 Å². The summed E-state index contributed by atoms with van der Waals surface area (Å²) in [5.74, 6) is 1.96. The fraction of sp³-hybridized carbons (Fsp3) is 0.529. The average Bonchev–Trinajstić information content (AvgIpc) is 2.88. The number of aromatic nitrogens is 2. The lowest BCUT2D eigenvalue weighted by Crippen LogP contribution is -2.42. The van der Waals surface area contributed by atoms with Gasteiger partial charge in [-0.3, -0.25) is 0 Å². The van der Waals surface area contributed by atoms with Crippen molar-refractivity contribution in [1.29, 1.82) is 0 Å². The molecule has 1 aliphatic carbocycles. The largest absolute Gasteiger partial charge is 0.339 e. The first-order valence-electron chi connectivity index (χ1n) is 7.73. The first-order chi connectivity index (χ1) is 10.0. The zero-order valence-corrected chi connectivity index (χ0v) is 12.8. The van der Waals surface area contributed by atoms with Crippen LogP contribution in [0.1, 0.15) is 55.4 Å². The Labute approximate surface area is 125 Å². The van der Waals surface area contributed by atoms with Crippen LogP contribution in [-0.4, -0.2) is 10.1 Å². The van der Waals surface area contributed by atoms with Gasteiger partial charge in [-0.25, -0.2) is 0 Å². The van der Waals surface area contributed by atoms with E-state index in [4.69, 9.17) is 10.3 Å². The highest BCUT2D eigenvalue weighted by atomic mass is 16.5. The van der Waals surface area contributed by atoms with Crippen LogP contribution in [-0.2, 0) is 12.0 Å². The highest BCUT2D eigenvalue weighted by molar-refractivity contribution is 5.24. The smallest absolute Gasteiger partial charge is 0.231 e. The Morgan fingerprint density at radius 2 is 2.29 bits per heavy atom. The van der Waals surface area contributed by atoms with Gasteiger partial charge in [-0.15, -0.1) is 0 Å². The molecular weight excluding hydrogens is 262 g/mol. The SMILES string of the molecule is Cc1cccc(Cc2nc(C3(N)CCCC(C)C3)no2)c1. The van der Waals surface area contributed by atoms with Crippen molar-refractivity contribution in [3.05, 3.63) is 47.1 Å². The molecule has 0 spiro atoms. The molecule has 0 bridgehead atoms. The molecule has 0 amide bonds. The van der Waals surface area contributed by atoms with E-state index in [1.54, 1.807) is 0 Å². The van der Waals surface area contributed by atoms with Crippen LogP contribution >= 0.6 is 0 Å². The summed E-state index contributed by atoms with van der Waals surface area (Å²) in [6, 6.07) is 8.36.